The van der Waals surface area contributed by atoms with Crippen molar-refractivity contribution in [3.63, 3.8) is 0 Å². The van der Waals surface area contributed by atoms with Gasteiger partial charge in [-0.15, -0.1) is 0 Å². The third-order valence-electron chi connectivity index (χ3n) is 2.93. The number of anilines is 2. The maximum atomic E-state index is 4.35. The summed E-state index contributed by atoms with van der Waals surface area (Å²) in [5, 5.41) is 3.31. The lowest BCUT2D eigenvalue weighted by Gasteiger charge is -2.10. The lowest BCUT2D eigenvalue weighted by Crippen LogP contribution is -2.02. The molecule has 3 aromatic rings. The Bertz CT molecular complexity index is 673. The van der Waals surface area contributed by atoms with Crippen LogP contribution in [0.4, 0.5) is 11.6 Å². The predicted molar refractivity (Wildman–Crippen MR) is 75.8 cm³/mol. The minimum absolute atomic E-state index is 0.780. The zero-order chi connectivity index (χ0) is 13.1. The van der Waals surface area contributed by atoms with Crippen molar-refractivity contribution in [2.24, 2.45) is 0 Å². The minimum atomic E-state index is 0.780. The summed E-state index contributed by atoms with van der Waals surface area (Å²) in [6.07, 6.45) is 5.49. The fourth-order valence-electron chi connectivity index (χ4n) is 1.93. The molecule has 3 rings (SSSR count). The Morgan fingerprint density at radius 2 is 1.79 bits per heavy atom. The third kappa shape index (κ3) is 2.33. The molecule has 2 aromatic heterocycles. The van der Waals surface area contributed by atoms with E-state index in [-0.39, 0.29) is 0 Å². The Kier molecular flexibility index (Phi) is 2.98. The van der Waals surface area contributed by atoms with Crippen molar-refractivity contribution in [3.8, 4) is 5.69 Å². The molecule has 94 valence electrons. The first-order chi connectivity index (χ1) is 9.34. The highest BCUT2D eigenvalue weighted by Crippen LogP contribution is 2.20. The van der Waals surface area contributed by atoms with Crippen molar-refractivity contribution in [2.45, 2.75) is 6.92 Å². The van der Waals surface area contributed by atoms with Crippen LogP contribution in [0.15, 0.2) is 61.1 Å². The summed E-state index contributed by atoms with van der Waals surface area (Å²) in [7, 11) is 0. The number of aromatic nitrogens is 3. The van der Waals surface area contributed by atoms with Gasteiger partial charge in [-0.25, -0.2) is 4.98 Å². The Morgan fingerprint density at radius 3 is 2.58 bits per heavy atom. The molecule has 0 atom stereocenters. The topological polar surface area (TPSA) is 42.7 Å². The molecule has 0 saturated carbocycles. The molecule has 2 heterocycles. The second kappa shape index (κ2) is 4.94. The van der Waals surface area contributed by atoms with Crippen molar-refractivity contribution < 1.29 is 0 Å². The van der Waals surface area contributed by atoms with Gasteiger partial charge < -0.3 is 5.32 Å². The molecule has 0 spiro atoms. The summed E-state index contributed by atoms with van der Waals surface area (Å²) in [6, 6.07) is 14.0. The molecule has 0 unspecified atom stereocenters. The van der Waals surface area contributed by atoms with Crippen LogP contribution in [0, 0.1) is 6.92 Å². The average Bonchev–Trinajstić information content (AvgIpc) is 2.91. The summed E-state index contributed by atoms with van der Waals surface area (Å²) >= 11 is 0. The van der Waals surface area contributed by atoms with Gasteiger partial charge in [-0.1, -0.05) is 18.2 Å². The van der Waals surface area contributed by atoms with E-state index in [1.165, 1.54) is 0 Å². The summed E-state index contributed by atoms with van der Waals surface area (Å²) in [6.45, 7) is 1.97. The van der Waals surface area contributed by atoms with Gasteiger partial charge in [-0.2, -0.15) is 0 Å². The first-order valence-electron chi connectivity index (χ1n) is 6.12. The SMILES string of the molecule is Cc1ncccc1Nc1nccn1-c1ccccc1. The first-order valence-corrected chi connectivity index (χ1v) is 6.12. The van der Waals surface area contributed by atoms with Crippen molar-refractivity contribution in [3.05, 3.63) is 66.7 Å². The van der Waals surface area contributed by atoms with Gasteiger partial charge >= 0.3 is 0 Å². The standard InChI is InChI=1S/C15H14N4/c1-12-14(8-5-9-16-12)18-15-17-10-11-19(15)13-6-3-2-4-7-13/h2-11H,1H3,(H,17,18). The maximum absolute atomic E-state index is 4.35. The van der Waals surface area contributed by atoms with Gasteiger partial charge in [0.25, 0.3) is 0 Å². The van der Waals surface area contributed by atoms with Crippen molar-refractivity contribution in [1.29, 1.82) is 0 Å². The van der Waals surface area contributed by atoms with Crippen LogP contribution >= 0.6 is 0 Å². The van der Waals surface area contributed by atoms with Crippen LogP contribution < -0.4 is 5.32 Å². The van der Waals surface area contributed by atoms with E-state index in [4.69, 9.17) is 0 Å². The number of hydrogen-bond acceptors (Lipinski definition) is 3. The monoisotopic (exact) mass is 250 g/mol. The molecule has 4 nitrogen and oxygen atoms in total. The second-order valence-corrected chi connectivity index (χ2v) is 4.22. The molecular formula is C15H14N4. The summed E-state index contributed by atoms with van der Waals surface area (Å²) < 4.78 is 2.01. The van der Waals surface area contributed by atoms with E-state index in [1.54, 1.807) is 12.4 Å². The number of imidazole rings is 1. The molecule has 0 aliphatic heterocycles. The zero-order valence-corrected chi connectivity index (χ0v) is 10.6. The lowest BCUT2D eigenvalue weighted by molar-refractivity contribution is 1.06. The van der Waals surface area contributed by atoms with E-state index >= 15 is 0 Å². The van der Waals surface area contributed by atoms with Crippen molar-refractivity contribution in [2.75, 3.05) is 5.32 Å². The molecule has 0 aliphatic rings. The summed E-state index contributed by atoms with van der Waals surface area (Å²) in [5.41, 5.74) is 2.99. The molecule has 1 aromatic carbocycles. The maximum Gasteiger partial charge on any atom is 0.212 e. The highest BCUT2D eigenvalue weighted by atomic mass is 15.2. The molecule has 0 fully saturated rings. The smallest absolute Gasteiger partial charge is 0.212 e. The van der Waals surface area contributed by atoms with Crippen LogP contribution in [-0.2, 0) is 0 Å². The van der Waals surface area contributed by atoms with Gasteiger partial charge in [0.05, 0.1) is 11.4 Å². The normalized spacial score (nSPS) is 10.4. The second-order valence-electron chi connectivity index (χ2n) is 4.22. The molecule has 0 aliphatic carbocycles. The van der Waals surface area contributed by atoms with Crippen molar-refractivity contribution in [1.82, 2.24) is 14.5 Å². The van der Waals surface area contributed by atoms with Crippen LogP contribution in [0.25, 0.3) is 5.69 Å². The van der Waals surface area contributed by atoms with Gasteiger partial charge in [0.2, 0.25) is 5.95 Å². The molecule has 19 heavy (non-hydrogen) atoms. The van der Waals surface area contributed by atoms with E-state index in [0.29, 0.717) is 0 Å². The Morgan fingerprint density at radius 1 is 0.947 bits per heavy atom. The number of pyridine rings is 1. The largest absolute Gasteiger partial charge is 0.324 e. The van der Waals surface area contributed by atoms with E-state index in [2.05, 4.69) is 15.3 Å². The fraction of sp³-hybridized carbons (Fsp3) is 0.0667. The Labute approximate surface area is 111 Å². The summed E-state index contributed by atoms with van der Waals surface area (Å²) in [4.78, 5) is 8.62. The molecule has 0 saturated heterocycles. The number of hydrogen-bond donors (Lipinski definition) is 1. The molecule has 0 radical (unpaired) electrons. The van der Waals surface area contributed by atoms with E-state index in [9.17, 15) is 0 Å². The first kappa shape index (κ1) is 11.5. The number of benzene rings is 1. The minimum Gasteiger partial charge on any atom is -0.324 e. The Hall–Kier alpha value is -2.62. The highest BCUT2D eigenvalue weighted by molar-refractivity contribution is 5.58. The van der Waals surface area contributed by atoms with Crippen LogP contribution in [0.2, 0.25) is 0 Å². The average molecular weight is 250 g/mol. The lowest BCUT2D eigenvalue weighted by atomic mass is 10.3. The van der Waals surface area contributed by atoms with Crippen LogP contribution in [0.1, 0.15) is 5.69 Å². The van der Waals surface area contributed by atoms with Gasteiger partial charge in [-0.3, -0.25) is 9.55 Å². The number of nitrogens with one attached hydrogen (secondary N) is 1. The molecule has 4 heteroatoms. The highest BCUT2D eigenvalue weighted by Gasteiger charge is 2.06. The molecule has 0 bridgehead atoms. The van der Waals surface area contributed by atoms with E-state index in [1.807, 2.05) is 60.2 Å². The quantitative estimate of drug-likeness (QED) is 0.775. The number of aryl methyl sites for hydroxylation is 1. The van der Waals surface area contributed by atoms with Crippen LogP contribution in [0.3, 0.4) is 0 Å². The molecule has 1 N–H and O–H groups in total. The van der Waals surface area contributed by atoms with Crippen molar-refractivity contribution >= 4 is 11.6 Å². The predicted octanol–water partition coefficient (Wildman–Crippen LogP) is 3.32. The fourth-order valence-corrected chi connectivity index (χ4v) is 1.93. The van der Waals surface area contributed by atoms with E-state index < -0.39 is 0 Å². The van der Waals surface area contributed by atoms with Gasteiger partial charge in [0.15, 0.2) is 0 Å². The Balaban J connectivity index is 1.96. The summed E-state index contributed by atoms with van der Waals surface area (Å²) in [5.74, 6) is 0.780. The van der Waals surface area contributed by atoms with Crippen LogP contribution in [-0.4, -0.2) is 14.5 Å². The van der Waals surface area contributed by atoms with E-state index in [0.717, 1.165) is 23.0 Å². The van der Waals surface area contributed by atoms with Gasteiger partial charge in [0, 0.05) is 24.3 Å². The van der Waals surface area contributed by atoms with Gasteiger partial charge in [0.1, 0.15) is 0 Å². The van der Waals surface area contributed by atoms with Gasteiger partial charge in [-0.05, 0) is 31.2 Å². The zero-order valence-electron chi connectivity index (χ0n) is 10.6. The van der Waals surface area contributed by atoms with Crippen LogP contribution in [0.5, 0.6) is 0 Å². The molecule has 0 amide bonds. The number of para-hydroxylation sites is 1. The number of nitrogens with zero attached hydrogens (tertiary/aromatic N) is 3. The molecular weight excluding hydrogens is 236 g/mol. The number of rotatable bonds is 3. The third-order valence-corrected chi connectivity index (χ3v) is 2.93.